The first-order valence-electron chi connectivity index (χ1n) is 6.12. The molecule has 0 aliphatic heterocycles. The first-order valence-corrected chi connectivity index (χ1v) is 6.12. The number of aromatic nitrogens is 1. The van der Waals surface area contributed by atoms with Crippen molar-refractivity contribution in [3.63, 3.8) is 0 Å². The number of nitrogens with zero attached hydrogens (tertiary/aromatic N) is 2. The van der Waals surface area contributed by atoms with Crippen molar-refractivity contribution in [3.05, 3.63) is 30.1 Å². The molecule has 1 aliphatic rings. The van der Waals surface area contributed by atoms with E-state index in [0.717, 1.165) is 18.5 Å². The number of pyridine rings is 1. The highest BCUT2D eigenvalue weighted by Crippen LogP contribution is 2.28. The van der Waals surface area contributed by atoms with Crippen LogP contribution in [0.15, 0.2) is 24.4 Å². The van der Waals surface area contributed by atoms with Crippen LogP contribution in [0, 0.1) is 12.3 Å². The van der Waals surface area contributed by atoms with Crippen molar-refractivity contribution in [1.82, 2.24) is 9.88 Å². The fourth-order valence-corrected chi connectivity index (χ4v) is 1.87. The molecule has 1 amide bonds. The van der Waals surface area contributed by atoms with Crippen LogP contribution in [0.3, 0.4) is 0 Å². The summed E-state index contributed by atoms with van der Waals surface area (Å²) in [5.74, 6) is 2.37. The Bertz CT molecular complexity index is 448. The number of nitrogens with two attached hydrogens (primary N) is 1. The van der Waals surface area contributed by atoms with E-state index < -0.39 is 6.04 Å². The summed E-state index contributed by atoms with van der Waals surface area (Å²) in [4.78, 5) is 18.2. The van der Waals surface area contributed by atoms with Crippen LogP contribution >= 0.6 is 0 Å². The molecule has 0 radical (unpaired) electrons. The van der Waals surface area contributed by atoms with Crippen molar-refractivity contribution in [2.24, 2.45) is 5.73 Å². The number of amides is 1. The lowest BCUT2D eigenvalue weighted by Crippen LogP contribution is -2.44. The second-order valence-corrected chi connectivity index (χ2v) is 4.53. The van der Waals surface area contributed by atoms with Gasteiger partial charge in [0.15, 0.2) is 0 Å². The van der Waals surface area contributed by atoms with Crippen LogP contribution in [0.2, 0.25) is 0 Å². The van der Waals surface area contributed by atoms with Gasteiger partial charge in [-0.3, -0.25) is 9.78 Å². The topological polar surface area (TPSA) is 59.2 Å². The van der Waals surface area contributed by atoms with Gasteiger partial charge in [0.25, 0.3) is 0 Å². The molecule has 2 rings (SSSR count). The Morgan fingerprint density at radius 2 is 2.39 bits per heavy atom. The number of hydrogen-bond donors (Lipinski definition) is 1. The summed E-state index contributed by atoms with van der Waals surface area (Å²) < 4.78 is 0. The SMILES string of the molecule is C#CCC(N)C(=O)N(Cc1ccccn1)C1CC1. The van der Waals surface area contributed by atoms with Gasteiger partial charge in [0.05, 0.1) is 18.3 Å². The minimum Gasteiger partial charge on any atom is -0.332 e. The predicted molar refractivity (Wildman–Crippen MR) is 69.2 cm³/mol. The Hall–Kier alpha value is -1.86. The van der Waals surface area contributed by atoms with E-state index in [4.69, 9.17) is 12.2 Å². The van der Waals surface area contributed by atoms with Gasteiger partial charge in [-0.25, -0.2) is 0 Å². The van der Waals surface area contributed by atoms with Gasteiger partial charge in [-0.05, 0) is 25.0 Å². The Kier molecular flexibility index (Phi) is 3.96. The Balaban J connectivity index is 2.05. The molecule has 1 fully saturated rings. The first-order chi connectivity index (χ1) is 8.72. The zero-order valence-electron chi connectivity index (χ0n) is 10.2. The van der Waals surface area contributed by atoms with E-state index in [1.165, 1.54) is 0 Å². The van der Waals surface area contributed by atoms with Crippen LogP contribution in [0.4, 0.5) is 0 Å². The van der Waals surface area contributed by atoms with E-state index in [1.54, 1.807) is 6.20 Å². The van der Waals surface area contributed by atoms with E-state index in [0.29, 0.717) is 12.6 Å². The summed E-state index contributed by atoms with van der Waals surface area (Å²) >= 11 is 0. The second kappa shape index (κ2) is 5.65. The molecule has 0 saturated heterocycles. The minimum absolute atomic E-state index is 0.0684. The fraction of sp³-hybridized carbons (Fsp3) is 0.429. The Morgan fingerprint density at radius 1 is 1.61 bits per heavy atom. The maximum absolute atomic E-state index is 12.2. The third-order valence-corrected chi connectivity index (χ3v) is 2.98. The molecule has 1 atom stereocenters. The molecule has 0 spiro atoms. The summed E-state index contributed by atoms with van der Waals surface area (Å²) in [5.41, 5.74) is 6.67. The van der Waals surface area contributed by atoms with Crippen molar-refractivity contribution in [2.75, 3.05) is 0 Å². The van der Waals surface area contributed by atoms with Crippen LogP contribution in [-0.4, -0.2) is 27.9 Å². The summed E-state index contributed by atoms with van der Waals surface area (Å²) in [6.07, 6.45) is 9.30. The van der Waals surface area contributed by atoms with Gasteiger partial charge in [-0.2, -0.15) is 0 Å². The smallest absolute Gasteiger partial charge is 0.241 e. The molecule has 2 N–H and O–H groups in total. The van der Waals surface area contributed by atoms with Crippen molar-refractivity contribution in [1.29, 1.82) is 0 Å². The number of carbonyl (C=O) groups excluding carboxylic acids is 1. The molecule has 4 nitrogen and oxygen atoms in total. The van der Waals surface area contributed by atoms with E-state index in [1.807, 2.05) is 23.1 Å². The van der Waals surface area contributed by atoms with Crippen molar-refractivity contribution in [3.8, 4) is 12.3 Å². The van der Waals surface area contributed by atoms with Crippen molar-refractivity contribution in [2.45, 2.75) is 37.9 Å². The largest absolute Gasteiger partial charge is 0.332 e. The lowest BCUT2D eigenvalue weighted by atomic mass is 10.2. The highest BCUT2D eigenvalue weighted by molar-refractivity contribution is 5.82. The Labute approximate surface area is 107 Å². The standard InChI is InChI=1S/C14H17N3O/c1-2-5-13(15)14(18)17(12-7-8-12)10-11-6-3-4-9-16-11/h1,3-4,6,9,12-13H,5,7-8,10,15H2. The molecule has 94 valence electrons. The van der Waals surface area contributed by atoms with E-state index in [9.17, 15) is 4.79 Å². The fourth-order valence-electron chi connectivity index (χ4n) is 1.87. The highest BCUT2D eigenvalue weighted by Gasteiger charge is 2.34. The summed E-state index contributed by atoms with van der Waals surface area (Å²) in [6, 6.07) is 5.40. The van der Waals surface area contributed by atoms with Crippen LogP contribution in [0.5, 0.6) is 0 Å². The molecule has 1 aromatic rings. The lowest BCUT2D eigenvalue weighted by molar-refractivity contribution is -0.133. The van der Waals surface area contributed by atoms with Gasteiger partial charge in [0, 0.05) is 18.7 Å². The zero-order chi connectivity index (χ0) is 13.0. The van der Waals surface area contributed by atoms with Gasteiger partial charge in [0.2, 0.25) is 5.91 Å². The average molecular weight is 243 g/mol. The minimum atomic E-state index is -0.598. The van der Waals surface area contributed by atoms with E-state index in [-0.39, 0.29) is 12.3 Å². The predicted octanol–water partition coefficient (Wildman–Crippen LogP) is 0.923. The van der Waals surface area contributed by atoms with Gasteiger partial charge >= 0.3 is 0 Å². The zero-order valence-corrected chi connectivity index (χ0v) is 10.2. The highest BCUT2D eigenvalue weighted by atomic mass is 16.2. The lowest BCUT2D eigenvalue weighted by Gasteiger charge is -2.24. The molecule has 1 aromatic heterocycles. The number of terminal acetylenes is 1. The maximum Gasteiger partial charge on any atom is 0.241 e. The Morgan fingerprint density at radius 3 is 2.94 bits per heavy atom. The molecule has 0 bridgehead atoms. The normalized spacial score (nSPS) is 15.8. The van der Waals surface area contributed by atoms with Gasteiger partial charge in [0.1, 0.15) is 0 Å². The molecule has 1 aliphatic carbocycles. The average Bonchev–Trinajstić information content (AvgIpc) is 3.21. The van der Waals surface area contributed by atoms with E-state index in [2.05, 4.69) is 10.9 Å². The van der Waals surface area contributed by atoms with Crippen molar-refractivity contribution < 1.29 is 4.79 Å². The van der Waals surface area contributed by atoms with Gasteiger partial charge < -0.3 is 10.6 Å². The van der Waals surface area contributed by atoms with Crippen LogP contribution < -0.4 is 5.73 Å². The molecule has 18 heavy (non-hydrogen) atoms. The monoisotopic (exact) mass is 243 g/mol. The summed E-state index contributed by atoms with van der Waals surface area (Å²) in [7, 11) is 0. The van der Waals surface area contributed by atoms with Crippen LogP contribution in [0.25, 0.3) is 0 Å². The molecule has 1 saturated carbocycles. The molecular weight excluding hydrogens is 226 g/mol. The van der Waals surface area contributed by atoms with Gasteiger partial charge in [-0.1, -0.05) is 6.07 Å². The third-order valence-electron chi connectivity index (χ3n) is 2.98. The summed E-state index contributed by atoms with van der Waals surface area (Å²) in [6.45, 7) is 0.516. The molecule has 4 heteroatoms. The number of rotatable bonds is 5. The molecular formula is C14H17N3O. The molecule has 1 unspecified atom stereocenters. The van der Waals surface area contributed by atoms with Crippen LogP contribution in [0.1, 0.15) is 25.0 Å². The van der Waals surface area contributed by atoms with Crippen LogP contribution in [-0.2, 0) is 11.3 Å². The molecule has 0 aromatic carbocycles. The second-order valence-electron chi connectivity index (χ2n) is 4.53. The number of hydrogen-bond acceptors (Lipinski definition) is 3. The first kappa shape index (κ1) is 12.6. The van der Waals surface area contributed by atoms with Gasteiger partial charge in [-0.15, -0.1) is 12.3 Å². The third kappa shape index (κ3) is 3.08. The van der Waals surface area contributed by atoms with Crippen molar-refractivity contribution >= 4 is 5.91 Å². The van der Waals surface area contributed by atoms with E-state index >= 15 is 0 Å². The quantitative estimate of drug-likeness (QED) is 0.782. The maximum atomic E-state index is 12.2. The summed E-state index contributed by atoms with van der Waals surface area (Å²) in [5, 5.41) is 0. The number of carbonyl (C=O) groups is 1. The molecule has 1 heterocycles.